The number of hydrogen-bond donors (Lipinski definition) is 0. The zero-order chi connectivity index (χ0) is 14.8. The maximum absolute atomic E-state index is 4.06. The van der Waals surface area contributed by atoms with E-state index in [1.165, 1.54) is 80.0 Å². The number of rotatable bonds is 10. The van der Waals surface area contributed by atoms with Crippen molar-refractivity contribution < 1.29 is 0 Å². The van der Waals surface area contributed by atoms with E-state index in [-0.39, 0.29) is 0 Å². The average molecular weight is 272 g/mol. The molecule has 1 rings (SSSR count). The van der Waals surface area contributed by atoms with E-state index in [2.05, 4.69) is 45.6 Å². The van der Waals surface area contributed by atoms with Gasteiger partial charge in [0.2, 0.25) is 0 Å². The second kappa shape index (κ2) is 9.80. The lowest BCUT2D eigenvalue weighted by molar-refractivity contribution is 0.764. The van der Waals surface area contributed by atoms with E-state index in [9.17, 15) is 0 Å². The molecule has 1 aromatic carbocycles. The van der Waals surface area contributed by atoms with Gasteiger partial charge in [-0.3, -0.25) is 0 Å². The monoisotopic (exact) mass is 272 g/mol. The second-order valence-electron chi connectivity index (χ2n) is 5.84. The molecular formula is C20H32. The fourth-order valence-electron chi connectivity index (χ4n) is 2.79. The van der Waals surface area contributed by atoms with E-state index in [1.807, 2.05) is 0 Å². The van der Waals surface area contributed by atoms with E-state index in [0.717, 1.165) is 0 Å². The SMILES string of the molecule is C=Cc1c(CCCC)cc(CCCC)cc1CCCC. The van der Waals surface area contributed by atoms with Crippen molar-refractivity contribution in [3.63, 3.8) is 0 Å². The van der Waals surface area contributed by atoms with Crippen molar-refractivity contribution in [3.05, 3.63) is 41.0 Å². The lowest BCUT2D eigenvalue weighted by Gasteiger charge is -2.15. The highest BCUT2D eigenvalue weighted by atomic mass is 14.1. The summed E-state index contributed by atoms with van der Waals surface area (Å²) in [5, 5.41) is 0. The Morgan fingerprint density at radius 1 is 0.800 bits per heavy atom. The van der Waals surface area contributed by atoms with Crippen LogP contribution in [0, 0.1) is 0 Å². The number of unbranched alkanes of at least 4 members (excludes halogenated alkanes) is 3. The van der Waals surface area contributed by atoms with Crippen LogP contribution >= 0.6 is 0 Å². The molecule has 0 heterocycles. The van der Waals surface area contributed by atoms with Gasteiger partial charge in [-0.25, -0.2) is 0 Å². The molecule has 0 nitrogen and oxygen atoms in total. The first-order chi connectivity index (χ1) is 9.76. The van der Waals surface area contributed by atoms with E-state index >= 15 is 0 Å². The molecule has 0 N–H and O–H groups in total. The summed E-state index contributed by atoms with van der Waals surface area (Å²) >= 11 is 0. The maximum Gasteiger partial charge on any atom is -0.0198 e. The first-order valence-electron chi connectivity index (χ1n) is 8.53. The Balaban J connectivity index is 3.05. The Kier molecular flexibility index (Phi) is 8.34. The fourth-order valence-corrected chi connectivity index (χ4v) is 2.79. The van der Waals surface area contributed by atoms with Crippen molar-refractivity contribution in [3.8, 4) is 0 Å². The summed E-state index contributed by atoms with van der Waals surface area (Å²) in [5.41, 5.74) is 6.02. The molecule has 0 aliphatic rings. The Bertz CT molecular complexity index is 371. The van der Waals surface area contributed by atoms with E-state index in [4.69, 9.17) is 0 Å². The van der Waals surface area contributed by atoms with Gasteiger partial charge in [-0.2, -0.15) is 0 Å². The highest BCUT2D eigenvalue weighted by molar-refractivity contribution is 5.58. The summed E-state index contributed by atoms with van der Waals surface area (Å²) in [4.78, 5) is 0. The Morgan fingerprint density at radius 3 is 1.65 bits per heavy atom. The molecule has 0 aromatic heterocycles. The smallest absolute Gasteiger partial charge is 0.0198 e. The van der Waals surface area contributed by atoms with Crippen LogP contribution in [0.25, 0.3) is 6.08 Å². The van der Waals surface area contributed by atoms with Crippen LogP contribution in [0.2, 0.25) is 0 Å². The average Bonchev–Trinajstić information content (AvgIpc) is 2.48. The van der Waals surface area contributed by atoms with E-state index < -0.39 is 0 Å². The number of aryl methyl sites for hydroxylation is 3. The third-order valence-electron chi connectivity index (χ3n) is 4.03. The summed E-state index contributed by atoms with van der Waals surface area (Å²) < 4.78 is 0. The van der Waals surface area contributed by atoms with Crippen molar-refractivity contribution in [1.29, 1.82) is 0 Å². The molecule has 0 fully saturated rings. The molecule has 0 saturated carbocycles. The molecule has 0 aliphatic carbocycles. The van der Waals surface area contributed by atoms with Crippen LogP contribution in [0.4, 0.5) is 0 Å². The lowest BCUT2D eigenvalue weighted by Crippen LogP contribution is -2.00. The van der Waals surface area contributed by atoms with Gasteiger partial charge in [-0.05, 0) is 60.8 Å². The first-order valence-corrected chi connectivity index (χ1v) is 8.53. The van der Waals surface area contributed by atoms with Crippen LogP contribution in [0.1, 0.15) is 81.5 Å². The van der Waals surface area contributed by atoms with Gasteiger partial charge in [0.1, 0.15) is 0 Å². The van der Waals surface area contributed by atoms with Gasteiger partial charge < -0.3 is 0 Å². The minimum atomic E-state index is 1.21. The summed E-state index contributed by atoms with van der Waals surface area (Å²) in [7, 11) is 0. The molecular weight excluding hydrogens is 240 g/mol. The molecule has 0 unspecified atom stereocenters. The van der Waals surface area contributed by atoms with Crippen LogP contribution in [0.15, 0.2) is 18.7 Å². The van der Waals surface area contributed by atoms with E-state index in [0.29, 0.717) is 0 Å². The molecule has 0 amide bonds. The minimum absolute atomic E-state index is 1.21. The van der Waals surface area contributed by atoms with Gasteiger partial charge in [0.25, 0.3) is 0 Å². The quantitative estimate of drug-likeness (QED) is 0.465. The standard InChI is InChI=1S/C20H32/c1-5-9-12-17-15-18(13-10-6-2)20(8-4)19(16-17)14-11-7-3/h8,15-16H,4-7,9-14H2,1-3H3. The van der Waals surface area contributed by atoms with Crippen LogP contribution in [0.5, 0.6) is 0 Å². The zero-order valence-corrected chi connectivity index (χ0v) is 13.8. The van der Waals surface area contributed by atoms with Gasteiger partial charge in [0, 0.05) is 0 Å². The van der Waals surface area contributed by atoms with E-state index in [1.54, 1.807) is 0 Å². The molecule has 0 atom stereocenters. The van der Waals surface area contributed by atoms with Crippen molar-refractivity contribution >= 4 is 6.08 Å². The zero-order valence-electron chi connectivity index (χ0n) is 13.8. The summed E-state index contributed by atoms with van der Waals surface area (Å²) in [6, 6.07) is 4.88. The molecule has 20 heavy (non-hydrogen) atoms. The molecule has 112 valence electrons. The first kappa shape index (κ1) is 17.0. The Labute approximate surface area is 126 Å². The summed E-state index contributed by atoms with van der Waals surface area (Å²) in [6.45, 7) is 10.9. The van der Waals surface area contributed by atoms with Gasteiger partial charge in [-0.1, -0.05) is 64.8 Å². The van der Waals surface area contributed by atoms with Gasteiger partial charge in [0.15, 0.2) is 0 Å². The maximum atomic E-state index is 4.06. The number of hydrogen-bond acceptors (Lipinski definition) is 0. The highest BCUT2D eigenvalue weighted by Gasteiger charge is 2.08. The predicted octanol–water partition coefficient (Wildman–Crippen LogP) is 6.36. The van der Waals surface area contributed by atoms with Crippen molar-refractivity contribution in [2.24, 2.45) is 0 Å². The third-order valence-corrected chi connectivity index (χ3v) is 4.03. The van der Waals surface area contributed by atoms with Gasteiger partial charge in [0.05, 0.1) is 0 Å². The molecule has 0 heteroatoms. The van der Waals surface area contributed by atoms with Crippen LogP contribution in [-0.2, 0) is 19.3 Å². The van der Waals surface area contributed by atoms with Gasteiger partial charge >= 0.3 is 0 Å². The largest absolute Gasteiger partial charge is 0.0984 e. The molecule has 0 aliphatic heterocycles. The second-order valence-corrected chi connectivity index (χ2v) is 5.84. The Morgan fingerprint density at radius 2 is 1.25 bits per heavy atom. The van der Waals surface area contributed by atoms with Crippen molar-refractivity contribution in [2.45, 2.75) is 78.6 Å². The lowest BCUT2D eigenvalue weighted by atomic mass is 9.90. The van der Waals surface area contributed by atoms with Gasteiger partial charge in [-0.15, -0.1) is 0 Å². The predicted molar refractivity (Wildman–Crippen MR) is 92.4 cm³/mol. The molecule has 0 spiro atoms. The topological polar surface area (TPSA) is 0 Å². The Hall–Kier alpha value is -1.04. The summed E-state index contributed by atoms with van der Waals surface area (Å²) in [5.74, 6) is 0. The van der Waals surface area contributed by atoms with Crippen molar-refractivity contribution in [1.82, 2.24) is 0 Å². The third kappa shape index (κ3) is 5.15. The fraction of sp³-hybridized carbons (Fsp3) is 0.600. The van der Waals surface area contributed by atoms with Crippen molar-refractivity contribution in [2.75, 3.05) is 0 Å². The number of benzene rings is 1. The molecule has 0 saturated heterocycles. The highest BCUT2D eigenvalue weighted by Crippen LogP contribution is 2.24. The molecule has 0 radical (unpaired) electrons. The van der Waals surface area contributed by atoms with Crippen LogP contribution in [0.3, 0.4) is 0 Å². The molecule has 1 aromatic rings. The minimum Gasteiger partial charge on any atom is -0.0984 e. The van der Waals surface area contributed by atoms with Crippen LogP contribution in [-0.4, -0.2) is 0 Å². The van der Waals surface area contributed by atoms with Crippen LogP contribution < -0.4 is 0 Å². The normalized spacial score (nSPS) is 10.8. The molecule has 0 bridgehead atoms. The summed E-state index contributed by atoms with van der Waals surface area (Å²) in [6.07, 6.45) is 13.4.